The lowest BCUT2D eigenvalue weighted by molar-refractivity contribution is 0.0881. The zero-order chi connectivity index (χ0) is 24.9. The second-order valence-electron chi connectivity index (χ2n) is 8.46. The molecular formula is C20H28BrN7O4SSi. The van der Waals surface area contributed by atoms with Crippen LogP contribution in [-0.2, 0) is 11.5 Å². The minimum atomic E-state index is -1.17. The lowest BCUT2D eigenvalue weighted by Gasteiger charge is -2.21. The van der Waals surface area contributed by atoms with Gasteiger partial charge in [-0.2, -0.15) is 9.97 Å². The predicted octanol–water partition coefficient (Wildman–Crippen LogP) is 4.24. The highest BCUT2D eigenvalue weighted by molar-refractivity contribution is 9.11. The molecule has 0 saturated heterocycles. The highest BCUT2D eigenvalue weighted by Gasteiger charge is 2.23. The van der Waals surface area contributed by atoms with Gasteiger partial charge in [-0.15, -0.1) is 11.3 Å². The Morgan fingerprint density at radius 3 is 2.44 bits per heavy atom. The van der Waals surface area contributed by atoms with Gasteiger partial charge in [0.15, 0.2) is 9.60 Å². The average molecular weight is 571 g/mol. The maximum Gasteiger partial charge on any atom is 0.275 e. The number of imidazole rings is 1. The summed E-state index contributed by atoms with van der Waals surface area (Å²) < 4.78 is 19.2. The molecule has 14 heteroatoms. The molecule has 0 aliphatic heterocycles. The standard InChI is InChI=1S/C20H28BrN7O4SSi/c1-27(20-22-7-8-28(20)12-32-9-10-34(4,5)6)19-25-16(30-2)14(17(26-19)31-3)24-15(29)13-11-33-18(21)23-13/h7-8,11H,9-10,12H2,1-6H3,(H,24,29). The third kappa shape index (κ3) is 6.52. The van der Waals surface area contributed by atoms with Crippen LogP contribution in [0.3, 0.4) is 0 Å². The van der Waals surface area contributed by atoms with Crippen molar-refractivity contribution in [2.75, 3.05) is 38.1 Å². The van der Waals surface area contributed by atoms with E-state index in [0.29, 0.717) is 23.2 Å². The first kappa shape index (κ1) is 26.1. The van der Waals surface area contributed by atoms with Crippen LogP contribution in [0, 0.1) is 0 Å². The summed E-state index contributed by atoms with van der Waals surface area (Å²) in [4.78, 5) is 31.8. The number of hydrogen-bond acceptors (Lipinski definition) is 10. The summed E-state index contributed by atoms with van der Waals surface area (Å²) in [5.74, 6) is 0.704. The Balaban J connectivity index is 1.81. The maximum absolute atomic E-state index is 12.6. The quantitative estimate of drug-likeness (QED) is 0.267. The normalized spacial score (nSPS) is 11.4. The summed E-state index contributed by atoms with van der Waals surface area (Å²) in [5.41, 5.74) is 0.452. The van der Waals surface area contributed by atoms with Gasteiger partial charge in [-0.25, -0.2) is 9.97 Å². The third-order valence-corrected chi connectivity index (χ3v) is 7.75. The molecule has 0 aromatic carbocycles. The van der Waals surface area contributed by atoms with Crippen molar-refractivity contribution in [2.24, 2.45) is 0 Å². The van der Waals surface area contributed by atoms with Crippen molar-refractivity contribution >= 4 is 58.8 Å². The number of rotatable bonds is 11. The zero-order valence-electron chi connectivity index (χ0n) is 20.0. The largest absolute Gasteiger partial charge is 0.479 e. The van der Waals surface area contributed by atoms with Crippen molar-refractivity contribution in [3.05, 3.63) is 27.4 Å². The number of nitrogens with one attached hydrogen (secondary N) is 1. The molecule has 34 heavy (non-hydrogen) atoms. The molecule has 0 fully saturated rings. The van der Waals surface area contributed by atoms with Gasteiger partial charge in [0.1, 0.15) is 12.4 Å². The summed E-state index contributed by atoms with van der Waals surface area (Å²) in [6.07, 6.45) is 3.51. The van der Waals surface area contributed by atoms with Gasteiger partial charge >= 0.3 is 0 Å². The van der Waals surface area contributed by atoms with Crippen LogP contribution in [0.4, 0.5) is 17.6 Å². The number of nitrogens with zero attached hydrogens (tertiary/aromatic N) is 6. The Kier molecular flexibility index (Phi) is 8.62. The number of ether oxygens (including phenoxy) is 3. The van der Waals surface area contributed by atoms with Gasteiger partial charge < -0.3 is 19.5 Å². The smallest absolute Gasteiger partial charge is 0.275 e. The summed E-state index contributed by atoms with van der Waals surface area (Å²) in [5, 5.41) is 4.35. The van der Waals surface area contributed by atoms with Crippen LogP contribution in [-0.4, -0.2) is 66.4 Å². The molecule has 3 rings (SSSR count). The number of anilines is 3. The SMILES string of the molecule is COc1nc(N(C)c2nccn2COCC[Si](C)(C)C)nc(OC)c1NC(=O)c1csc(Br)n1. The topological polar surface area (TPSA) is 117 Å². The Labute approximate surface area is 211 Å². The Hall–Kier alpha value is -2.55. The lowest BCUT2D eigenvalue weighted by Crippen LogP contribution is -2.23. The molecule has 1 N–H and O–H groups in total. The molecule has 3 heterocycles. The van der Waals surface area contributed by atoms with Crippen molar-refractivity contribution < 1.29 is 19.0 Å². The van der Waals surface area contributed by atoms with Gasteiger partial charge in [-0.3, -0.25) is 14.3 Å². The molecule has 0 aliphatic rings. The molecule has 0 saturated carbocycles. The Bertz CT molecular complexity index is 1110. The number of methoxy groups -OCH3 is 2. The molecule has 1 amide bonds. The first-order valence-electron chi connectivity index (χ1n) is 10.4. The van der Waals surface area contributed by atoms with Crippen molar-refractivity contribution in [1.82, 2.24) is 24.5 Å². The van der Waals surface area contributed by atoms with Gasteiger partial charge in [0.05, 0.1) is 14.2 Å². The fourth-order valence-electron chi connectivity index (χ4n) is 2.83. The van der Waals surface area contributed by atoms with Crippen molar-refractivity contribution in [1.29, 1.82) is 0 Å². The molecule has 0 unspecified atom stereocenters. The molecule has 0 aliphatic carbocycles. The van der Waals surface area contributed by atoms with Gasteiger partial charge in [0.2, 0.25) is 23.7 Å². The summed E-state index contributed by atoms with van der Waals surface area (Å²) in [6, 6.07) is 1.08. The maximum atomic E-state index is 12.6. The van der Waals surface area contributed by atoms with E-state index in [1.807, 2.05) is 10.8 Å². The number of aromatic nitrogens is 5. The number of thiazole rings is 1. The van der Waals surface area contributed by atoms with E-state index < -0.39 is 14.0 Å². The van der Waals surface area contributed by atoms with Crippen LogP contribution >= 0.6 is 27.3 Å². The molecule has 0 radical (unpaired) electrons. The monoisotopic (exact) mass is 569 g/mol. The molecule has 11 nitrogen and oxygen atoms in total. The van der Waals surface area contributed by atoms with E-state index in [0.717, 1.165) is 6.04 Å². The number of carbonyl (C=O) groups is 1. The molecule has 0 bridgehead atoms. The fourth-order valence-corrected chi connectivity index (χ4v) is 4.58. The van der Waals surface area contributed by atoms with E-state index in [4.69, 9.17) is 14.2 Å². The van der Waals surface area contributed by atoms with Gasteiger partial charge in [-0.05, 0) is 22.0 Å². The van der Waals surface area contributed by atoms with Gasteiger partial charge in [0.25, 0.3) is 5.91 Å². The fraction of sp³-hybridized carbons (Fsp3) is 0.450. The van der Waals surface area contributed by atoms with E-state index in [1.165, 1.54) is 25.6 Å². The lowest BCUT2D eigenvalue weighted by atomic mass is 10.4. The van der Waals surface area contributed by atoms with Crippen LogP contribution in [0.2, 0.25) is 25.7 Å². The van der Waals surface area contributed by atoms with Gasteiger partial charge in [0, 0.05) is 39.5 Å². The zero-order valence-corrected chi connectivity index (χ0v) is 23.4. The van der Waals surface area contributed by atoms with Crippen molar-refractivity contribution in [3.8, 4) is 11.8 Å². The average Bonchev–Trinajstić information content (AvgIpc) is 3.44. The van der Waals surface area contributed by atoms with Crippen LogP contribution in [0.5, 0.6) is 11.8 Å². The first-order chi connectivity index (χ1) is 16.1. The Morgan fingerprint density at radius 1 is 1.21 bits per heavy atom. The van der Waals surface area contributed by atoms with E-state index in [2.05, 4.69) is 60.8 Å². The predicted molar refractivity (Wildman–Crippen MR) is 137 cm³/mol. The van der Waals surface area contributed by atoms with Crippen molar-refractivity contribution in [3.63, 3.8) is 0 Å². The molecule has 3 aromatic rings. The molecule has 0 spiro atoms. The van der Waals surface area contributed by atoms with E-state index >= 15 is 0 Å². The second kappa shape index (κ2) is 11.2. The van der Waals surface area contributed by atoms with Crippen LogP contribution in [0.15, 0.2) is 21.7 Å². The van der Waals surface area contributed by atoms with Crippen molar-refractivity contribution in [2.45, 2.75) is 32.4 Å². The number of amides is 1. The van der Waals surface area contributed by atoms with E-state index in [-0.39, 0.29) is 29.1 Å². The molecule has 3 aromatic heterocycles. The molecule has 184 valence electrons. The van der Waals surface area contributed by atoms with E-state index in [9.17, 15) is 4.79 Å². The minimum Gasteiger partial charge on any atom is -0.479 e. The number of halogens is 1. The summed E-state index contributed by atoms with van der Waals surface area (Å²) in [6.45, 7) is 7.99. The third-order valence-electron chi connectivity index (χ3n) is 4.69. The minimum absolute atomic E-state index is 0.140. The Morgan fingerprint density at radius 2 is 1.88 bits per heavy atom. The summed E-state index contributed by atoms with van der Waals surface area (Å²) >= 11 is 4.56. The second-order valence-corrected chi connectivity index (χ2v) is 16.2. The van der Waals surface area contributed by atoms with E-state index in [1.54, 1.807) is 23.5 Å². The highest BCUT2D eigenvalue weighted by Crippen LogP contribution is 2.35. The number of carbonyl (C=O) groups excluding carboxylic acids is 1. The highest BCUT2D eigenvalue weighted by atomic mass is 79.9. The van der Waals surface area contributed by atoms with Crippen LogP contribution in [0.25, 0.3) is 0 Å². The van der Waals surface area contributed by atoms with Crippen LogP contribution < -0.4 is 19.7 Å². The van der Waals surface area contributed by atoms with Crippen LogP contribution in [0.1, 0.15) is 10.5 Å². The molecular weight excluding hydrogens is 542 g/mol. The van der Waals surface area contributed by atoms with Gasteiger partial charge in [-0.1, -0.05) is 19.6 Å². The molecule has 0 atom stereocenters. The summed E-state index contributed by atoms with van der Waals surface area (Å²) in [7, 11) is 3.51. The number of hydrogen-bond donors (Lipinski definition) is 1. The first-order valence-corrected chi connectivity index (χ1v) is 15.8.